The van der Waals surface area contributed by atoms with Gasteiger partial charge in [0.1, 0.15) is 36.6 Å². The Labute approximate surface area is 208 Å². The van der Waals surface area contributed by atoms with E-state index in [0.29, 0.717) is 0 Å². The van der Waals surface area contributed by atoms with Crippen molar-refractivity contribution in [3.8, 4) is 0 Å². The van der Waals surface area contributed by atoms with Gasteiger partial charge in [-0.25, -0.2) is 14.2 Å². The van der Waals surface area contributed by atoms with Gasteiger partial charge in [0, 0.05) is 30.8 Å². The molecule has 2 fully saturated rings. The SMILES string of the molecule is Cc1cn([C@H]2C[C@@H](O)[C@@H](CO[P@](=O)(S)O[C@@H]3C[C@H](n4ccc(N)nc4=O)O[C@@H]3CO)O2)c(=O)[nH]c1=O. The molecule has 0 radical (unpaired) electrons. The average molecular weight is 547 g/mol. The maximum atomic E-state index is 12.9. The average Bonchev–Trinajstić information content (AvgIpc) is 3.37. The second kappa shape index (κ2) is 10.6. The second-order valence-corrected chi connectivity index (χ2v) is 11.3. The van der Waals surface area contributed by atoms with Crippen molar-refractivity contribution in [3.05, 3.63) is 55.3 Å². The van der Waals surface area contributed by atoms with Gasteiger partial charge in [-0.05, 0) is 13.0 Å². The summed E-state index contributed by atoms with van der Waals surface area (Å²) in [7, 11) is 0. The minimum Gasteiger partial charge on any atom is -0.394 e. The highest BCUT2D eigenvalue weighted by Gasteiger charge is 2.42. The van der Waals surface area contributed by atoms with E-state index in [-0.39, 0.29) is 24.2 Å². The molecule has 15 nitrogen and oxygen atoms in total. The molecule has 2 aromatic heterocycles. The van der Waals surface area contributed by atoms with Gasteiger partial charge < -0.3 is 25.4 Å². The van der Waals surface area contributed by atoms with Crippen LogP contribution in [0.5, 0.6) is 0 Å². The van der Waals surface area contributed by atoms with Crippen LogP contribution in [-0.4, -0.2) is 66.9 Å². The standard InChI is InChI=1S/C19H26N5O10PS/c1-9-6-24(19(29)22-17(9)27)15-4-10(26)13(33-15)8-31-35(30,36)34-11-5-16(32-12(11)7-25)23-3-2-14(20)21-18(23)28/h2-3,6,10-13,15-16,25-26H,4-5,7-8H2,1H3,(H,30,36)(H2,20,21,28)(H,22,27,29)/t10-,11-,12-,13-,15-,16-,35+/m1/s1. The molecule has 7 atom stereocenters. The van der Waals surface area contributed by atoms with Gasteiger partial charge in [-0.1, -0.05) is 12.2 Å². The van der Waals surface area contributed by atoms with E-state index in [1.54, 1.807) is 0 Å². The molecule has 2 aliphatic heterocycles. The number of nitrogens with zero attached hydrogens (tertiary/aromatic N) is 3. The molecule has 36 heavy (non-hydrogen) atoms. The number of aromatic amines is 1. The number of hydrogen-bond donors (Lipinski definition) is 5. The van der Waals surface area contributed by atoms with Gasteiger partial charge in [-0.15, -0.1) is 0 Å². The zero-order valence-electron chi connectivity index (χ0n) is 19.0. The van der Waals surface area contributed by atoms with Crippen LogP contribution in [-0.2, 0) is 23.1 Å². The number of aryl methyl sites for hydroxylation is 1. The molecule has 4 rings (SSSR count). The van der Waals surface area contributed by atoms with Crippen LogP contribution < -0.4 is 22.7 Å². The molecule has 2 saturated heterocycles. The molecule has 17 heteroatoms. The van der Waals surface area contributed by atoms with Crippen molar-refractivity contribution in [1.29, 1.82) is 0 Å². The number of nitrogen functional groups attached to an aromatic ring is 1. The van der Waals surface area contributed by atoms with E-state index in [2.05, 4.69) is 22.2 Å². The Bertz CT molecular complexity index is 1330. The molecule has 0 aliphatic carbocycles. The first-order valence-electron chi connectivity index (χ1n) is 10.9. The Kier molecular flexibility index (Phi) is 7.87. The number of nitrogens with two attached hydrogens (primary N) is 1. The summed E-state index contributed by atoms with van der Waals surface area (Å²) in [5.41, 5.74) is 3.89. The van der Waals surface area contributed by atoms with Crippen molar-refractivity contribution in [2.45, 2.75) is 56.6 Å². The highest BCUT2D eigenvalue weighted by atomic mass is 32.7. The molecule has 5 N–H and O–H groups in total. The Balaban J connectivity index is 1.37. The highest BCUT2D eigenvalue weighted by Crippen LogP contribution is 2.56. The van der Waals surface area contributed by atoms with Crippen molar-refractivity contribution in [2.24, 2.45) is 0 Å². The number of aliphatic hydroxyl groups is 2. The minimum atomic E-state index is -4.05. The van der Waals surface area contributed by atoms with Crippen molar-refractivity contribution in [3.63, 3.8) is 0 Å². The highest BCUT2D eigenvalue weighted by molar-refractivity contribution is 8.44. The largest absolute Gasteiger partial charge is 0.394 e. The van der Waals surface area contributed by atoms with E-state index in [1.165, 1.54) is 25.4 Å². The normalized spacial score (nSPS) is 29.9. The predicted octanol–water partition coefficient (Wildman–Crippen LogP) is -0.948. The molecule has 0 aromatic carbocycles. The van der Waals surface area contributed by atoms with E-state index < -0.39 is 73.8 Å². The number of aromatic nitrogens is 4. The number of ether oxygens (including phenoxy) is 2. The summed E-state index contributed by atoms with van der Waals surface area (Å²) < 4.78 is 37.3. The van der Waals surface area contributed by atoms with Crippen molar-refractivity contribution in [2.75, 3.05) is 18.9 Å². The first-order chi connectivity index (χ1) is 17.0. The number of anilines is 1. The molecule has 0 spiro atoms. The van der Waals surface area contributed by atoms with Crippen molar-refractivity contribution < 1.29 is 33.3 Å². The van der Waals surface area contributed by atoms with Crippen LogP contribution in [0.2, 0.25) is 0 Å². The Morgan fingerprint density at radius 3 is 2.64 bits per heavy atom. The lowest BCUT2D eigenvalue weighted by molar-refractivity contribution is -0.0509. The lowest BCUT2D eigenvalue weighted by Crippen LogP contribution is -2.33. The van der Waals surface area contributed by atoms with Crippen LogP contribution in [0.3, 0.4) is 0 Å². The molecule has 2 aliphatic rings. The summed E-state index contributed by atoms with van der Waals surface area (Å²) in [6.07, 6.45) is -2.91. The van der Waals surface area contributed by atoms with Gasteiger partial charge in [0.2, 0.25) is 0 Å². The van der Waals surface area contributed by atoms with Gasteiger partial charge in [-0.2, -0.15) is 4.98 Å². The van der Waals surface area contributed by atoms with Crippen molar-refractivity contribution in [1.82, 2.24) is 19.1 Å². The second-order valence-electron chi connectivity index (χ2n) is 8.41. The Morgan fingerprint density at radius 1 is 1.25 bits per heavy atom. The molecule has 0 bridgehead atoms. The number of nitrogens with one attached hydrogen (secondary N) is 1. The maximum Gasteiger partial charge on any atom is 0.386 e. The van der Waals surface area contributed by atoms with Crippen LogP contribution >= 0.6 is 19.0 Å². The van der Waals surface area contributed by atoms with Gasteiger partial charge in [0.25, 0.3) is 5.56 Å². The summed E-state index contributed by atoms with van der Waals surface area (Å²) in [4.78, 5) is 41.6. The number of hydrogen-bond acceptors (Lipinski definition) is 12. The zero-order chi connectivity index (χ0) is 26.2. The van der Waals surface area contributed by atoms with Crippen LogP contribution in [0, 0.1) is 6.92 Å². The van der Waals surface area contributed by atoms with Crippen LogP contribution in [0.4, 0.5) is 5.82 Å². The fraction of sp³-hybridized carbons (Fsp3) is 0.579. The van der Waals surface area contributed by atoms with E-state index in [1.807, 2.05) is 0 Å². The van der Waals surface area contributed by atoms with E-state index in [4.69, 9.17) is 24.3 Å². The molecule has 2 aromatic rings. The molecular formula is C19H26N5O10PS. The van der Waals surface area contributed by atoms with Gasteiger partial charge in [0.05, 0.1) is 19.3 Å². The smallest absolute Gasteiger partial charge is 0.386 e. The molecule has 0 saturated carbocycles. The number of rotatable bonds is 8. The Morgan fingerprint density at radius 2 is 1.94 bits per heavy atom. The molecule has 4 heterocycles. The molecule has 0 amide bonds. The van der Waals surface area contributed by atoms with Crippen LogP contribution in [0.1, 0.15) is 30.9 Å². The fourth-order valence-electron chi connectivity index (χ4n) is 4.00. The van der Waals surface area contributed by atoms with E-state index >= 15 is 0 Å². The van der Waals surface area contributed by atoms with E-state index in [0.717, 1.165) is 9.13 Å². The van der Waals surface area contributed by atoms with Gasteiger partial charge in [0.15, 0.2) is 0 Å². The minimum absolute atomic E-state index is 0.0201. The van der Waals surface area contributed by atoms with Crippen molar-refractivity contribution >= 4 is 24.9 Å². The quantitative estimate of drug-likeness (QED) is 0.200. The van der Waals surface area contributed by atoms with E-state index in [9.17, 15) is 29.2 Å². The zero-order valence-corrected chi connectivity index (χ0v) is 20.8. The van der Waals surface area contributed by atoms with Crippen LogP contribution in [0.25, 0.3) is 0 Å². The lowest BCUT2D eigenvalue weighted by Gasteiger charge is -2.22. The molecule has 0 unspecified atom stereocenters. The summed E-state index contributed by atoms with van der Waals surface area (Å²) in [5, 5.41) is 20.0. The monoisotopic (exact) mass is 547 g/mol. The summed E-state index contributed by atoms with van der Waals surface area (Å²) >= 11 is 3.97. The summed E-state index contributed by atoms with van der Waals surface area (Å²) in [5.74, 6) is 0.0353. The number of aliphatic hydroxyl groups excluding tert-OH is 2. The first-order valence-corrected chi connectivity index (χ1v) is 13.6. The topological polar surface area (TPSA) is 210 Å². The van der Waals surface area contributed by atoms with Crippen LogP contribution in [0.15, 0.2) is 32.8 Å². The molecule has 198 valence electrons. The first kappa shape index (κ1) is 26.8. The fourth-order valence-corrected chi connectivity index (χ4v) is 5.52. The lowest BCUT2D eigenvalue weighted by atomic mass is 10.2. The predicted molar refractivity (Wildman–Crippen MR) is 127 cm³/mol. The number of thiol groups is 1. The van der Waals surface area contributed by atoms with Gasteiger partial charge in [-0.3, -0.25) is 28.0 Å². The van der Waals surface area contributed by atoms with Gasteiger partial charge >= 0.3 is 18.2 Å². The third kappa shape index (κ3) is 5.81. The number of H-pyrrole nitrogens is 1. The third-order valence-electron chi connectivity index (χ3n) is 5.85. The summed E-state index contributed by atoms with van der Waals surface area (Å²) in [6.45, 7) is -3.42. The molecular weight excluding hydrogens is 521 g/mol. The maximum absolute atomic E-state index is 12.9. The third-order valence-corrected chi connectivity index (χ3v) is 7.49. The Hall–Kier alpha value is -2.30. The summed E-state index contributed by atoms with van der Waals surface area (Å²) in [6, 6.07) is 1.40.